The predicted octanol–water partition coefficient (Wildman–Crippen LogP) is 1.94. The fourth-order valence-corrected chi connectivity index (χ4v) is 2.79. The van der Waals surface area contributed by atoms with Crippen molar-refractivity contribution < 1.29 is 23.1 Å². The number of sulfonamides is 1. The fraction of sp³-hybridized carbons (Fsp3) is 0.462. The van der Waals surface area contributed by atoms with E-state index >= 15 is 0 Å². The van der Waals surface area contributed by atoms with E-state index in [-0.39, 0.29) is 5.75 Å². The quantitative estimate of drug-likeness (QED) is 0.765. The zero-order chi connectivity index (χ0) is 15.2. The van der Waals surface area contributed by atoms with Crippen LogP contribution in [0.2, 0.25) is 0 Å². The summed E-state index contributed by atoms with van der Waals surface area (Å²) in [5, 5.41) is 8.52. The van der Waals surface area contributed by atoms with Crippen LogP contribution in [0.1, 0.15) is 20.3 Å². The van der Waals surface area contributed by atoms with Crippen LogP contribution in [0.5, 0.6) is 5.75 Å². The van der Waals surface area contributed by atoms with Gasteiger partial charge in [0.15, 0.2) is 6.61 Å². The molecule has 0 amide bonds. The Morgan fingerprint density at radius 1 is 1.40 bits per heavy atom. The Morgan fingerprint density at radius 2 is 2.10 bits per heavy atom. The number of carbonyl (C=O) groups is 1. The van der Waals surface area contributed by atoms with Crippen LogP contribution in [0, 0.1) is 5.92 Å². The Balaban J connectivity index is 2.67. The number of nitrogens with one attached hydrogen (secondary N) is 1. The molecule has 1 rings (SSSR count). The Labute approximate surface area is 118 Å². The molecule has 0 bridgehead atoms. The molecule has 0 saturated heterocycles. The van der Waals surface area contributed by atoms with Gasteiger partial charge < -0.3 is 9.84 Å². The monoisotopic (exact) mass is 301 g/mol. The molecule has 0 atom stereocenters. The summed E-state index contributed by atoms with van der Waals surface area (Å²) < 4.78 is 31.1. The summed E-state index contributed by atoms with van der Waals surface area (Å²) in [6.45, 7) is 3.44. The van der Waals surface area contributed by atoms with Crippen LogP contribution < -0.4 is 9.46 Å². The maximum Gasteiger partial charge on any atom is 0.341 e. The lowest BCUT2D eigenvalue weighted by molar-refractivity contribution is -0.139. The topological polar surface area (TPSA) is 92.7 Å². The van der Waals surface area contributed by atoms with Gasteiger partial charge in [-0.2, -0.15) is 0 Å². The molecule has 0 radical (unpaired) electrons. The highest BCUT2D eigenvalue weighted by Gasteiger charge is 2.12. The average Bonchev–Trinajstić information content (AvgIpc) is 2.34. The zero-order valence-electron chi connectivity index (χ0n) is 11.5. The number of carboxylic acid groups (broad SMARTS) is 1. The molecule has 0 saturated carbocycles. The molecule has 1 aromatic rings. The van der Waals surface area contributed by atoms with E-state index in [0.717, 1.165) is 0 Å². The Hall–Kier alpha value is -1.76. The molecule has 7 heteroatoms. The van der Waals surface area contributed by atoms with Crippen molar-refractivity contribution in [2.45, 2.75) is 20.3 Å². The normalized spacial score (nSPS) is 11.3. The fourth-order valence-electron chi connectivity index (χ4n) is 1.42. The van der Waals surface area contributed by atoms with E-state index in [1.807, 2.05) is 13.8 Å². The molecule has 112 valence electrons. The number of anilines is 1. The molecule has 0 aliphatic carbocycles. The molecule has 0 aromatic heterocycles. The third kappa shape index (κ3) is 6.42. The second-order valence-corrected chi connectivity index (χ2v) is 6.66. The van der Waals surface area contributed by atoms with Gasteiger partial charge in [0.05, 0.1) is 11.4 Å². The molecule has 0 aliphatic heterocycles. The first kappa shape index (κ1) is 16.3. The summed E-state index contributed by atoms with van der Waals surface area (Å²) >= 11 is 0. The molecule has 0 unspecified atom stereocenters. The first-order chi connectivity index (χ1) is 9.28. The summed E-state index contributed by atoms with van der Waals surface area (Å²) in [5.41, 5.74) is 0.358. The van der Waals surface area contributed by atoms with Gasteiger partial charge in [0.2, 0.25) is 10.0 Å². The van der Waals surface area contributed by atoms with Gasteiger partial charge in [-0.05, 0) is 24.5 Å². The van der Waals surface area contributed by atoms with E-state index in [1.54, 1.807) is 18.2 Å². The first-order valence-electron chi connectivity index (χ1n) is 6.23. The Morgan fingerprint density at radius 3 is 2.70 bits per heavy atom. The number of benzene rings is 1. The first-order valence-corrected chi connectivity index (χ1v) is 7.89. The highest BCUT2D eigenvalue weighted by atomic mass is 32.2. The second-order valence-electron chi connectivity index (χ2n) is 4.81. The Bertz CT molecular complexity index is 554. The molecule has 0 aliphatic rings. The van der Waals surface area contributed by atoms with Crippen molar-refractivity contribution in [1.82, 2.24) is 0 Å². The van der Waals surface area contributed by atoms with Gasteiger partial charge >= 0.3 is 5.97 Å². The van der Waals surface area contributed by atoms with Crippen LogP contribution in [0.15, 0.2) is 24.3 Å². The lowest BCUT2D eigenvalue weighted by atomic mass is 10.2. The molecule has 6 nitrogen and oxygen atoms in total. The van der Waals surface area contributed by atoms with Gasteiger partial charge in [0, 0.05) is 6.07 Å². The average molecular weight is 301 g/mol. The summed E-state index contributed by atoms with van der Waals surface area (Å²) in [6, 6.07) is 6.20. The van der Waals surface area contributed by atoms with Crippen molar-refractivity contribution in [1.29, 1.82) is 0 Å². The molecule has 1 aromatic carbocycles. The molecule has 0 spiro atoms. The number of rotatable bonds is 8. The van der Waals surface area contributed by atoms with E-state index in [2.05, 4.69) is 4.72 Å². The Kier molecular flexibility index (Phi) is 5.82. The van der Waals surface area contributed by atoms with Gasteiger partial charge in [-0.3, -0.25) is 4.72 Å². The minimum atomic E-state index is -3.40. The van der Waals surface area contributed by atoms with Gasteiger partial charge in [-0.25, -0.2) is 13.2 Å². The van der Waals surface area contributed by atoms with E-state index in [4.69, 9.17) is 9.84 Å². The third-order valence-electron chi connectivity index (χ3n) is 2.43. The maximum atomic E-state index is 11.8. The van der Waals surface area contributed by atoms with Crippen LogP contribution >= 0.6 is 0 Å². The minimum Gasteiger partial charge on any atom is -0.482 e. The molecule has 0 fully saturated rings. The zero-order valence-corrected chi connectivity index (χ0v) is 12.3. The number of carboxylic acids is 1. The highest BCUT2D eigenvalue weighted by Crippen LogP contribution is 2.19. The second kappa shape index (κ2) is 7.14. The number of aliphatic carboxylic acids is 1. The number of ether oxygens (including phenoxy) is 1. The molecule has 0 heterocycles. The van der Waals surface area contributed by atoms with E-state index in [1.165, 1.54) is 6.07 Å². The van der Waals surface area contributed by atoms with E-state index in [9.17, 15) is 13.2 Å². The maximum absolute atomic E-state index is 11.8. The summed E-state index contributed by atoms with van der Waals surface area (Å²) in [7, 11) is -3.40. The predicted molar refractivity (Wildman–Crippen MR) is 76.4 cm³/mol. The van der Waals surface area contributed by atoms with Crippen LogP contribution in [-0.2, 0) is 14.8 Å². The van der Waals surface area contributed by atoms with Crippen molar-refractivity contribution in [2.75, 3.05) is 17.1 Å². The van der Waals surface area contributed by atoms with Crippen molar-refractivity contribution in [2.24, 2.45) is 5.92 Å². The van der Waals surface area contributed by atoms with Gasteiger partial charge in [0.1, 0.15) is 5.75 Å². The van der Waals surface area contributed by atoms with Crippen LogP contribution in [0.3, 0.4) is 0 Å². The molecular formula is C13H19NO5S. The van der Waals surface area contributed by atoms with Gasteiger partial charge in [-0.15, -0.1) is 0 Å². The lowest BCUT2D eigenvalue weighted by Gasteiger charge is -2.10. The molecule has 20 heavy (non-hydrogen) atoms. The van der Waals surface area contributed by atoms with Crippen molar-refractivity contribution in [3.05, 3.63) is 24.3 Å². The van der Waals surface area contributed by atoms with Crippen LogP contribution in [0.25, 0.3) is 0 Å². The number of hydrogen-bond donors (Lipinski definition) is 2. The van der Waals surface area contributed by atoms with Crippen molar-refractivity contribution in [3.8, 4) is 5.75 Å². The van der Waals surface area contributed by atoms with Crippen LogP contribution in [0.4, 0.5) is 5.69 Å². The highest BCUT2D eigenvalue weighted by molar-refractivity contribution is 7.92. The van der Waals surface area contributed by atoms with Gasteiger partial charge in [0.25, 0.3) is 0 Å². The van der Waals surface area contributed by atoms with Crippen LogP contribution in [-0.4, -0.2) is 31.9 Å². The molecular weight excluding hydrogens is 282 g/mol. The van der Waals surface area contributed by atoms with E-state index < -0.39 is 22.6 Å². The smallest absolute Gasteiger partial charge is 0.341 e. The SMILES string of the molecule is CC(C)CCS(=O)(=O)Nc1cccc(OCC(=O)O)c1. The molecule has 2 N–H and O–H groups in total. The largest absolute Gasteiger partial charge is 0.482 e. The minimum absolute atomic E-state index is 0.0465. The number of hydrogen-bond acceptors (Lipinski definition) is 4. The van der Waals surface area contributed by atoms with Gasteiger partial charge in [-0.1, -0.05) is 19.9 Å². The summed E-state index contributed by atoms with van der Waals surface area (Å²) in [6.07, 6.45) is 0.574. The summed E-state index contributed by atoms with van der Waals surface area (Å²) in [4.78, 5) is 10.4. The van der Waals surface area contributed by atoms with Crippen molar-refractivity contribution >= 4 is 21.7 Å². The van der Waals surface area contributed by atoms with E-state index in [0.29, 0.717) is 23.8 Å². The lowest BCUT2D eigenvalue weighted by Crippen LogP contribution is -2.18. The summed E-state index contributed by atoms with van der Waals surface area (Å²) in [5.74, 6) is -0.439. The standard InChI is InChI=1S/C13H19NO5S/c1-10(2)6-7-20(17,18)14-11-4-3-5-12(8-11)19-9-13(15)16/h3-5,8,10,14H,6-7,9H2,1-2H3,(H,15,16). The van der Waals surface area contributed by atoms with Crippen molar-refractivity contribution in [3.63, 3.8) is 0 Å². The third-order valence-corrected chi connectivity index (χ3v) is 3.75.